The molecule has 2 aromatic heterocycles. The number of carboxylic acid groups (broad SMARTS) is 1. The number of ether oxygens (including phenoxy) is 2. The third kappa shape index (κ3) is 6.19. The van der Waals surface area contributed by atoms with E-state index in [2.05, 4.69) is 53.7 Å². The second kappa shape index (κ2) is 11.8. The van der Waals surface area contributed by atoms with E-state index in [1.807, 2.05) is 18.2 Å². The summed E-state index contributed by atoms with van der Waals surface area (Å²) in [6.45, 7) is 8.68. The maximum absolute atomic E-state index is 11.6. The molecular weight excluding hydrogens is 516 g/mol. The van der Waals surface area contributed by atoms with E-state index in [-0.39, 0.29) is 11.7 Å². The summed E-state index contributed by atoms with van der Waals surface area (Å²) in [5.41, 5.74) is 6.55. The first-order chi connectivity index (χ1) is 19.9. The monoisotopic (exact) mass is 552 g/mol. The first-order valence-electron chi connectivity index (χ1n) is 14.4. The van der Waals surface area contributed by atoms with Crippen LogP contribution in [-0.2, 0) is 24.4 Å². The standard InChI is InChI=1S/C33H36N4O4/c1-22(2)24-8-6-23(7-9-24)21-41-32-5-3-4-28(35-32)25-12-15-36(16-13-25)20-31-34-29-11-10-26(33(38)39)18-30(29)37(31)19-27-14-17-40-27/h3-12,18,22,27H,13-17,19-21H2,1-2H3,(H,38,39)/t27-/m0/s1. The average Bonchev–Trinajstić information content (AvgIpc) is 3.30. The van der Waals surface area contributed by atoms with Gasteiger partial charge in [0.2, 0.25) is 5.88 Å². The Kier molecular flexibility index (Phi) is 7.85. The van der Waals surface area contributed by atoms with Crippen molar-refractivity contribution < 1.29 is 19.4 Å². The van der Waals surface area contributed by atoms with Gasteiger partial charge < -0.3 is 19.1 Å². The number of nitrogens with zero attached hydrogens (tertiary/aromatic N) is 4. The van der Waals surface area contributed by atoms with Crippen molar-refractivity contribution in [1.29, 1.82) is 0 Å². The zero-order valence-corrected chi connectivity index (χ0v) is 23.6. The molecule has 0 unspecified atom stereocenters. The number of carbonyl (C=O) groups is 1. The number of hydrogen-bond acceptors (Lipinski definition) is 6. The quantitative estimate of drug-likeness (QED) is 0.262. The maximum Gasteiger partial charge on any atom is 0.335 e. The molecule has 4 heterocycles. The average molecular weight is 553 g/mol. The zero-order chi connectivity index (χ0) is 28.3. The molecule has 4 aromatic rings. The van der Waals surface area contributed by atoms with Crippen molar-refractivity contribution in [2.45, 2.75) is 58.4 Å². The van der Waals surface area contributed by atoms with E-state index in [4.69, 9.17) is 19.4 Å². The summed E-state index contributed by atoms with van der Waals surface area (Å²) in [5.74, 6) is 1.15. The summed E-state index contributed by atoms with van der Waals surface area (Å²) in [7, 11) is 0. The number of fused-ring (bicyclic) bond motifs is 1. The van der Waals surface area contributed by atoms with Crippen molar-refractivity contribution in [3.8, 4) is 5.88 Å². The molecule has 212 valence electrons. The van der Waals surface area contributed by atoms with E-state index in [9.17, 15) is 9.90 Å². The van der Waals surface area contributed by atoms with Crippen LogP contribution in [0.2, 0.25) is 0 Å². The van der Waals surface area contributed by atoms with Gasteiger partial charge in [-0.05, 0) is 59.7 Å². The molecule has 41 heavy (non-hydrogen) atoms. The number of pyridine rings is 1. The summed E-state index contributed by atoms with van der Waals surface area (Å²) < 4.78 is 13.9. The summed E-state index contributed by atoms with van der Waals surface area (Å²) >= 11 is 0. The molecule has 2 aliphatic rings. The largest absolute Gasteiger partial charge is 0.478 e. The third-order valence-corrected chi connectivity index (χ3v) is 8.00. The van der Waals surface area contributed by atoms with Gasteiger partial charge in [0.15, 0.2) is 0 Å². The van der Waals surface area contributed by atoms with Crippen molar-refractivity contribution in [2.75, 3.05) is 19.7 Å². The Morgan fingerprint density at radius 3 is 2.63 bits per heavy atom. The number of rotatable bonds is 10. The predicted octanol–water partition coefficient (Wildman–Crippen LogP) is 5.91. The van der Waals surface area contributed by atoms with E-state index in [1.54, 1.807) is 18.2 Å². The van der Waals surface area contributed by atoms with E-state index >= 15 is 0 Å². The molecule has 0 spiro atoms. The van der Waals surface area contributed by atoms with Crippen LogP contribution in [0.15, 0.2) is 66.7 Å². The minimum Gasteiger partial charge on any atom is -0.478 e. The Labute approximate surface area is 240 Å². The second-order valence-electron chi connectivity index (χ2n) is 11.2. The van der Waals surface area contributed by atoms with E-state index in [1.165, 1.54) is 11.1 Å². The molecule has 2 aromatic carbocycles. The van der Waals surface area contributed by atoms with Crippen LogP contribution in [0.5, 0.6) is 5.88 Å². The molecule has 0 radical (unpaired) electrons. The minimum absolute atomic E-state index is 0.146. The summed E-state index contributed by atoms with van der Waals surface area (Å²) in [6, 6.07) is 19.7. The van der Waals surface area contributed by atoms with E-state index in [0.717, 1.165) is 60.7 Å². The Balaban J connectivity index is 1.12. The van der Waals surface area contributed by atoms with Crippen LogP contribution >= 0.6 is 0 Å². The van der Waals surface area contributed by atoms with Crippen LogP contribution in [0.1, 0.15) is 65.6 Å². The topological polar surface area (TPSA) is 89.7 Å². The highest BCUT2D eigenvalue weighted by Crippen LogP contribution is 2.27. The van der Waals surface area contributed by atoms with Crippen molar-refractivity contribution in [3.63, 3.8) is 0 Å². The first kappa shape index (κ1) is 27.2. The normalized spacial score (nSPS) is 17.4. The molecule has 6 rings (SSSR count). The fourth-order valence-corrected chi connectivity index (χ4v) is 5.38. The Morgan fingerprint density at radius 1 is 1.12 bits per heavy atom. The molecule has 8 nitrogen and oxygen atoms in total. The number of hydrogen-bond donors (Lipinski definition) is 1. The van der Waals surface area contributed by atoms with E-state index in [0.29, 0.717) is 31.5 Å². The number of benzene rings is 2. The van der Waals surface area contributed by atoms with Gasteiger partial charge in [0.25, 0.3) is 0 Å². The van der Waals surface area contributed by atoms with Crippen LogP contribution in [0.4, 0.5) is 0 Å². The van der Waals surface area contributed by atoms with Crippen LogP contribution in [0.25, 0.3) is 16.6 Å². The van der Waals surface area contributed by atoms with Crippen LogP contribution in [0.3, 0.4) is 0 Å². The van der Waals surface area contributed by atoms with Gasteiger partial charge in [0.05, 0.1) is 41.5 Å². The second-order valence-corrected chi connectivity index (χ2v) is 11.2. The van der Waals surface area contributed by atoms with E-state index < -0.39 is 5.97 Å². The molecule has 0 aliphatic carbocycles. The lowest BCUT2D eigenvalue weighted by molar-refractivity contribution is -0.0591. The van der Waals surface area contributed by atoms with Gasteiger partial charge in [-0.15, -0.1) is 0 Å². The van der Waals surface area contributed by atoms with Gasteiger partial charge in [-0.2, -0.15) is 0 Å². The van der Waals surface area contributed by atoms with Gasteiger partial charge in [0.1, 0.15) is 12.4 Å². The molecule has 1 N–H and O–H groups in total. The molecule has 0 amide bonds. The fourth-order valence-electron chi connectivity index (χ4n) is 5.38. The maximum atomic E-state index is 11.6. The van der Waals surface area contributed by atoms with Gasteiger partial charge >= 0.3 is 5.97 Å². The highest BCUT2D eigenvalue weighted by atomic mass is 16.5. The number of aromatic carboxylic acids is 1. The fraction of sp³-hybridized carbons (Fsp3) is 0.364. The molecule has 1 atom stereocenters. The van der Waals surface area contributed by atoms with Gasteiger partial charge in [-0.25, -0.2) is 14.8 Å². The van der Waals surface area contributed by atoms with Crippen molar-refractivity contribution in [2.24, 2.45) is 0 Å². The van der Waals surface area contributed by atoms with Crippen LogP contribution < -0.4 is 4.74 Å². The lowest BCUT2D eigenvalue weighted by Crippen LogP contribution is -2.33. The van der Waals surface area contributed by atoms with Crippen LogP contribution in [-0.4, -0.2) is 56.3 Å². The Hall–Kier alpha value is -4.01. The summed E-state index contributed by atoms with van der Waals surface area (Å²) in [4.78, 5) is 23.6. The molecule has 0 saturated carbocycles. The highest BCUT2D eigenvalue weighted by Gasteiger charge is 2.24. The van der Waals surface area contributed by atoms with Gasteiger partial charge in [-0.1, -0.05) is 50.3 Å². The van der Waals surface area contributed by atoms with Gasteiger partial charge in [-0.3, -0.25) is 4.90 Å². The number of aromatic nitrogens is 3. The molecule has 1 saturated heterocycles. The zero-order valence-electron chi connectivity index (χ0n) is 23.6. The lowest BCUT2D eigenvalue weighted by Gasteiger charge is -2.29. The Morgan fingerprint density at radius 2 is 1.95 bits per heavy atom. The van der Waals surface area contributed by atoms with Crippen molar-refractivity contribution in [3.05, 3.63) is 94.9 Å². The molecule has 0 bridgehead atoms. The van der Waals surface area contributed by atoms with Crippen molar-refractivity contribution in [1.82, 2.24) is 19.4 Å². The number of imidazole rings is 1. The summed E-state index contributed by atoms with van der Waals surface area (Å²) in [5, 5.41) is 9.50. The van der Waals surface area contributed by atoms with Gasteiger partial charge in [0, 0.05) is 25.8 Å². The minimum atomic E-state index is -0.932. The number of carboxylic acids is 1. The third-order valence-electron chi connectivity index (χ3n) is 8.00. The highest BCUT2D eigenvalue weighted by molar-refractivity contribution is 5.92. The molecular formula is C33H36N4O4. The summed E-state index contributed by atoms with van der Waals surface area (Å²) in [6.07, 6.45) is 4.27. The Bertz CT molecular complexity index is 1570. The van der Waals surface area contributed by atoms with Crippen LogP contribution in [0, 0.1) is 0 Å². The molecule has 1 fully saturated rings. The first-order valence-corrected chi connectivity index (χ1v) is 14.4. The molecule has 2 aliphatic heterocycles. The smallest absolute Gasteiger partial charge is 0.335 e. The lowest BCUT2D eigenvalue weighted by atomic mass is 10.0. The van der Waals surface area contributed by atoms with Crippen molar-refractivity contribution >= 4 is 22.6 Å². The predicted molar refractivity (Wildman–Crippen MR) is 158 cm³/mol. The SMILES string of the molecule is CC(C)c1ccc(COc2cccc(C3=CCN(Cc4nc5ccc(C(=O)O)cc5n4C[C@@H]4CCO4)CC3)n2)cc1. The molecule has 8 heteroatoms.